The number of aromatic nitrogens is 2. The second-order valence-electron chi connectivity index (χ2n) is 5.93. The van der Waals surface area contributed by atoms with Crippen LogP contribution in [0.3, 0.4) is 0 Å². The van der Waals surface area contributed by atoms with Crippen molar-refractivity contribution in [1.29, 1.82) is 0 Å². The molecule has 0 aromatic carbocycles. The quantitative estimate of drug-likeness (QED) is 0.811. The van der Waals surface area contributed by atoms with Crippen LogP contribution < -0.4 is 5.32 Å². The van der Waals surface area contributed by atoms with Gasteiger partial charge in [-0.3, -0.25) is 0 Å². The van der Waals surface area contributed by atoms with Crippen molar-refractivity contribution in [1.82, 2.24) is 14.9 Å². The van der Waals surface area contributed by atoms with Gasteiger partial charge >= 0.3 is 0 Å². The minimum absolute atomic E-state index is 0.655. The Bertz CT molecular complexity index is 358. The second kappa shape index (κ2) is 6.37. The molecule has 3 nitrogen and oxygen atoms in total. The van der Waals surface area contributed by atoms with Gasteiger partial charge in [0, 0.05) is 18.8 Å². The van der Waals surface area contributed by atoms with Crippen LogP contribution in [0.4, 0.5) is 0 Å². The van der Waals surface area contributed by atoms with Gasteiger partial charge in [-0.25, -0.2) is 4.98 Å². The standard InChI is InChI=1S/C15H27N3/c1-4-7-16-9-14-10-17-11-18(14)15-6-5-12(2)8-13(15)3/h10-13,15-16H,4-9H2,1-3H3. The first-order chi connectivity index (χ1) is 8.72. The summed E-state index contributed by atoms with van der Waals surface area (Å²) in [5, 5.41) is 3.48. The van der Waals surface area contributed by atoms with E-state index in [1.807, 2.05) is 12.5 Å². The highest BCUT2D eigenvalue weighted by atomic mass is 15.1. The molecular weight excluding hydrogens is 222 g/mol. The third kappa shape index (κ3) is 3.14. The predicted molar refractivity (Wildman–Crippen MR) is 75.4 cm³/mol. The van der Waals surface area contributed by atoms with Crippen LogP contribution in [0, 0.1) is 11.8 Å². The number of nitrogens with zero attached hydrogens (tertiary/aromatic N) is 2. The Morgan fingerprint density at radius 1 is 1.39 bits per heavy atom. The Morgan fingerprint density at radius 2 is 2.22 bits per heavy atom. The molecule has 2 rings (SSSR count). The summed E-state index contributed by atoms with van der Waals surface area (Å²) in [7, 11) is 0. The Labute approximate surface area is 111 Å². The molecule has 1 N–H and O–H groups in total. The third-order valence-electron chi connectivity index (χ3n) is 4.22. The van der Waals surface area contributed by atoms with Crippen molar-refractivity contribution in [3.63, 3.8) is 0 Å². The van der Waals surface area contributed by atoms with E-state index in [2.05, 4.69) is 35.6 Å². The lowest BCUT2D eigenvalue weighted by atomic mass is 9.79. The number of hydrogen-bond donors (Lipinski definition) is 1. The van der Waals surface area contributed by atoms with E-state index in [1.165, 1.54) is 31.4 Å². The highest BCUT2D eigenvalue weighted by Gasteiger charge is 2.27. The lowest BCUT2D eigenvalue weighted by Gasteiger charge is -2.34. The van der Waals surface area contributed by atoms with Crippen LogP contribution in [0.15, 0.2) is 12.5 Å². The zero-order chi connectivity index (χ0) is 13.0. The van der Waals surface area contributed by atoms with Gasteiger partial charge in [0.2, 0.25) is 0 Å². The summed E-state index contributed by atoms with van der Waals surface area (Å²) in [6.45, 7) is 9.01. The Morgan fingerprint density at radius 3 is 2.94 bits per heavy atom. The van der Waals surface area contributed by atoms with Gasteiger partial charge in [-0.05, 0) is 44.1 Å². The summed E-state index contributed by atoms with van der Waals surface area (Å²) >= 11 is 0. The van der Waals surface area contributed by atoms with Crippen LogP contribution in [-0.2, 0) is 6.54 Å². The molecule has 1 saturated carbocycles. The van der Waals surface area contributed by atoms with Gasteiger partial charge in [0.1, 0.15) is 0 Å². The van der Waals surface area contributed by atoms with Crippen LogP contribution >= 0.6 is 0 Å². The molecule has 0 spiro atoms. The van der Waals surface area contributed by atoms with E-state index in [-0.39, 0.29) is 0 Å². The summed E-state index contributed by atoms with van der Waals surface area (Å²) in [5.41, 5.74) is 1.34. The molecule has 3 heteroatoms. The maximum absolute atomic E-state index is 4.35. The first kappa shape index (κ1) is 13.6. The van der Waals surface area contributed by atoms with Gasteiger partial charge in [-0.15, -0.1) is 0 Å². The fraction of sp³-hybridized carbons (Fsp3) is 0.800. The number of hydrogen-bond acceptors (Lipinski definition) is 2. The summed E-state index contributed by atoms with van der Waals surface area (Å²) < 4.78 is 2.42. The Kier molecular flexibility index (Phi) is 4.81. The zero-order valence-corrected chi connectivity index (χ0v) is 12.0. The highest BCUT2D eigenvalue weighted by Crippen LogP contribution is 2.37. The third-order valence-corrected chi connectivity index (χ3v) is 4.22. The molecule has 1 heterocycles. The van der Waals surface area contributed by atoms with Gasteiger partial charge < -0.3 is 9.88 Å². The van der Waals surface area contributed by atoms with E-state index in [0.29, 0.717) is 6.04 Å². The van der Waals surface area contributed by atoms with E-state index in [9.17, 15) is 0 Å². The summed E-state index contributed by atoms with van der Waals surface area (Å²) in [6, 6.07) is 0.655. The second-order valence-corrected chi connectivity index (χ2v) is 5.93. The van der Waals surface area contributed by atoms with Crippen molar-refractivity contribution >= 4 is 0 Å². The van der Waals surface area contributed by atoms with Crippen molar-refractivity contribution in [2.45, 2.75) is 59.0 Å². The van der Waals surface area contributed by atoms with E-state index in [1.54, 1.807) is 0 Å². The van der Waals surface area contributed by atoms with Gasteiger partial charge in [0.05, 0.1) is 12.0 Å². The number of rotatable bonds is 5. The molecular formula is C15H27N3. The molecule has 1 aliphatic rings. The highest BCUT2D eigenvalue weighted by molar-refractivity contribution is 5.01. The molecule has 1 aromatic heterocycles. The van der Waals surface area contributed by atoms with Crippen molar-refractivity contribution < 1.29 is 0 Å². The number of nitrogens with one attached hydrogen (secondary N) is 1. The summed E-state index contributed by atoms with van der Waals surface area (Å²) in [4.78, 5) is 4.35. The Balaban J connectivity index is 2.01. The van der Waals surface area contributed by atoms with E-state index < -0.39 is 0 Å². The van der Waals surface area contributed by atoms with Crippen LogP contribution in [0.5, 0.6) is 0 Å². The largest absolute Gasteiger partial charge is 0.330 e. The molecule has 3 atom stereocenters. The molecule has 0 bridgehead atoms. The summed E-state index contributed by atoms with van der Waals surface area (Å²) in [5.74, 6) is 1.66. The van der Waals surface area contributed by atoms with Gasteiger partial charge in [0.25, 0.3) is 0 Å². The van der Waals surface area contributed by atoms with Crippen molar-refractivity contribution in [2.24, 2.45) is 11.8 Å². The van der Waals surface area contributed by atoms with Gasteiger partial charge in [0.15, 0.2) is 0 Å². The average molecular weight is 249 g/mol. The molecule has 18 heavy (non-hydrogen) atoms. The molecule has 0 radical (unpaired) electrons. The molecule has 0 aliphatic heterocycles. The van der Waals surface area contributed by atoms with E-state index in [4.69, 9.17) is 0 Å². The molecule has 1 aliphatic carbocycles. The van der Waals surface area contributed by atoms with Gasteiger partial charge in [-0.1, -0.05) is 20.8 Å². The molecule has 0 amide bonds. The zero-order valence-electron chi connectivity index (χ0n) is 12.0. The lowest BCUT2D eigenvalue weighted by Crippen LogP contribution is -2.27. The van der Waals surface area contributed by atoms with Crippen molar-refractivity contribution in [3.05, 3.63) is 18.2 Å². The minimum Gasteiger partial charge on any atom is -0.330 e. The first-order valence-corrected chi connectivity index (χ1v) is 7.43. The Hall–Kier alpha value is -0.830. The molecule has 102 valence electrons. The smallest absolute Gasteiger partial charge is 0.0951 e. The monoisotopic (exact) mass is 249 g/mol. The van der Waals surface area contributed by atoms with Crippen molar-refractivity contribution in [3.8, 4) is 0 Å². The lowest BCUT2D eigenvalue weighted by molar-refractivity contribution is 0.204. The molecule has 1 aromatic rings. The molecule has 3 unspecified atom stereocenters. The summed E-state index contributed by atoms with van der Waals surface area (Å²) in [6.07, 6.45) is 9.25. The number of imidazole rings is 1. The molecule has 1 fully saturated rings. The van der Waals surface area contributed by atoms with Crippen LogP contribution in [0.25, 0.3) is 0 Å². The maximum Gasteiger partial charge on any atom is 0.0951 e. The van der Waals surface area contributed by atoms with Gasteiger partial charge in [-0.2, -0.15) is 0 Å². The minimum atomic E-state index is 0.655. The van der Waals surface area contributed by atoms with Crippen LogP contribution in [0.1, 0.15) is 58.2 Å². The van der Waals surface area contributed by atoms with Crippen molar-refractivity contribution in [2.75, 3.05) is 6.54 Å². The topological polar surface area (TPSA) is 29.9 Å². The fourth-order valence-corrected chi connectivity index (χ4v) is 3.22. The first-order valence-electron chi connectivity index (χ1n) is 7.43. The fourth-order valence-electron chi connectivity index (χ4n) is 3.22. The van der Waals surface area contributed by atoms with E-state index in [0.717, 1.165) is 24.9 Å². The molecule has 0 saturated heterocycles. The van der Waals surface area contributed by atoms with E-state index >= 15 is 0 Å². The normalized spacial score (nSPS) is 28.5. The van der Waals surface area contributed by atoms with Crippen LogP contribution in [-0.4, -0.2) is 16.1 Å². The SMILES string of the molecule is CCCNCc1cncn1C1CCC(C)CC1C. The average Bonchev–Trinajstić information content (AvgIpc) is 2.78. The predicted octanol–water partition coefficient (Wildman–Crippen LogP) is 3.38. The van der Waals surface area contributed by atoms with Crippen LogP contribution in [0.2, 0.25) is 0 Å². The maximum atomic E-state index is 4.35.